The molecule has 0 saturated heterocycles. The van der Waals surface area contributed by atoms with Crippen LogP contribution in [0.25, 0.3) is 43.4 Å². The maximum absolute atomic E-state index is 2.81. The summed E-state index contributed by atoms with van der Waals surface area (Å²) in [5.74, 6) is 13.3. The summed E-state index contributed by atoms with van der Waals surface area (Å²) in [5.41, 5.74) is 8.35. The van der Waals surface area contributed by atoms with Crippen molar-refractivity contribution in [3.63, 3.8) is 0 Å². The second kappa shape index (κ2) is 14.1. The Morgan fingerprint density at radius 2 is 0.851 bits per heavy atom. The van der Waals surface area contributed by atoms with E-state index in [2.05, 4.69) is 168 Å². The molecule has 5 aromatic carbocycles. The minimum atomic E-state index is 0.498. The van der Waals surface area contributed by atoms with Crippen LogP contribution in [0.15, 0.2) is 82.6 Å². The fourth-order valence-electron chi connectivity index (χ4n) is 21.0. The summed E-state index contributed by atoms with van der Waals surface area (Å²) in [5, 5.41) is 8.99. The van der Waals surface area contributed by atoms with E-state index < -0.39 is 0 Å². The molecular formula is C64H80B2S. The first-order valence-electron chi connectivity index (χ1n) is 28.1. The molecule has 0 radical (unpaired) electrons. The van der Waals surface area contributed by atoms with Crippen molar-refractivity contribution in [3.05, 3.63) is 72.8 Å². The predicted octanol–water partition coefficient (Wildman–Crippen LogP) is 17.0. The number of benzene rings is 5. The van der Waals surface area contributed by atoms with Crippen molar-refractivity contribution in [1.82, 2.24) is 0 Å². The van der Waals surface area contributed by atoms with Crippen molar-refractivity contribution in [1.29, 1.82) is 0 Å². The minimum absolute atomic E-state index is 0.498. The van der Waals surface area contributed by atoms with Crippen molar-refractivity contribution >= 4 is 68.4 Å². The number of hydrogen-bond acceptors (Lipinski definition) is 1. The fraction of sp³-hybridized carbons (Fsp3) is 0.625. The maximum Gasteiger partial charge on any atom is 0.183 e. The zero-order valence-electron chi connectivity index (χ0n) is 43.4. The van der Waals surface area contributed by atoms with Gasteiger partial charge in [-0.2, -0.15) is 0 Å². The van der Waals surface area contributed by atoms with Crippen LogP contribution in [0.2, 0.25) is 23.3 Å². The van der Waals surface area contributed by atoms with E-state index >= 15 is 0 Å². The molecule has 0 spiro atoms. The SMILES string of the molecule is CC1C(B(c2ccc3c(c2)Sc2cccc4c2c-3cc2c3ccccc3c(B(C3CC5CC(C3C)C5(C)C)C3CC5CC(C3C)C5(C)C)cc42)C2CC3CC(C2C)C3(C)C)CC2CC1C2(C)C. The van der Waals surface area contributed by atoms with E-state index in [1.54, 1.807) is 16.3 Å². The van der Waals surface area contributed by atoms with Gasteiger partial charge in [-0.15, -0.1) is 0 Å². The van der Waals surface area contributed by atoms with Crippen LogP contribution in [0, 0.1) is 92.7 Å². The van der Waals surface area contributed by atoms with E-state index in [-0.39, 0.29) is 0 Å². The normalized spacial score (nSPS) is 40.5. The molecule has 18 rings (SSSR count). The van der Waals surface area contributed by atoms with Gasteiger partial charge in [-0.25, -0.2) is 0 Å². The number of hydrogen-bond donors (Lipinski definition) is 0. The Morgan fingerprint density at radius 3 is 1.33 bits per heavy atom. The zero-order chi connectivity index (χ0) is 46.2. The lowest BCUT2D eigenvalue weighted by Crippen LogP contribution is -2.62. The van der Waals surface area contributed by atoms with Crippen molar-refractivity contribution < 1.29 is 0 Å². The highest BCUT2D eigenvalue weighted by Gasteiger charge is 2.65. The second-order valence-electron chi connectivity index (χ2n) is 28.6. The molecule has 0 N–H and O–H groups in total. The lowest BCUT2D eigenvalue weighted by molar-refractivity contribution is -0.107. The summed E-state index contributed by atoms with van der Waals surface area (Å²) in [7, 11) is 0. The van der Waals surface area contributed by atoms with Gasteiger partial charge in [0.1, 0.15) is 0 Å². The second-order valence-corrected chi connectivity index (χ2v) is 29.7. The average molecular weight is 903 g/mol. The molecule has 8 bridgehead atoms. The van der Waals surface area contributed by atoms with Crippen LogP contribution in [0.5, 0.6) is 0 Å². The predicted molar refractivity (Wildman–Crippen MR) is 291 cm³/mol. The average Bonchev–Trinajstić information content (AvgIpc) is 3.30. The van der Waals surface area contributed by atoms with Crippen LogP contribution < -0.4 is 10.9 Å². The molecule has 3 heteroatoms. The maximum atomic E-state index is 2.81. The van der Waals surface area contributed by atoms with Gasteiger partial charge in [0, 0.05) is 15.2 Å². The van der Waals surface area contributed by atoms with Gasteiger partial charge < -0.3 is 0 Å². The van der Waals surface area contributed by atoms with E-state index in [1.807, 2.05) is 0 Å². The van der Waals surface area contributed by atoms with Gasteiger partial charge in [0.2, 0.25) is 0 Å². The van der Waals surface area contributed by atoms with Crippen LogP contribution in [-0.2, 0) is 0 Å². The third kappa shape index (κ3) is 5.55. The molecule has 5 aromatic rings. The van der Waals surface area contributed by atoms with Crippen molar-refractivity contribution in [3.8, 4) is 11.1 Å². The third-order valence-corrected chi connectivity index (χ3v) is 26.9. The Morgan fingerprint density at radius 1 is 0.403 bits per heavy atom. The Labute approximate surface area is 410 Å². The largest absolute Gasteiger partial charge is 0.183 e. The molecule has 1 heterocycles. The molecule has 12 fully saturated rings. The Balaban J connectivity index is 0.909. The molecule has 0 nitrogen and oxygen atoms in total. The topological polar surface area (TPSA) is 0 Å². The molecule has 67 heavy (non-hydrogen) atoms. The first kappa shape index (κ1) is 43.2. The van der Waals surface area contributed by atoms with Gasteiger partial charge in [-0.1, -0.05) is 215 Å². The summed E-state index contributed by atoms with van der Waals surface area (Å²) in [6.45, 7) is 32.9. The Kier molecular flexibility index (Phi) is 9.06. The number of fused-ring (bicyclic) bond motifs is 14. The summed E-state index contributed by atoms with van der Waals surface area (Å²) >= 11 is 2.10. The van der Waals surface area contributed by atoms with E-state index in [0.29, 0.717) is 35.1 Å². The molecule has 348 valence electrons. The van der Waals surface area contributed by atoms with Gasteiger partial charge in [-0.05, 0) is 169 Å². The highest BCUT2D eigenvalue weighted by atomic mass is 32.2. The van der Waals surface area contributed by atoms with Gasteiger partial charge >= 0.3 is 0 Å². The number of rotatable bonds is 6. The molecule has 0 amide bonds. The minimum Gasteiger partial charge on any atom is -0.0888 e. The van der Waals surface area contributed by atoms with E-state index in [4.69, 9.17) is 0 Å². The highest BCUT2D eigenvalue weighted by Crippen LogP contribution is 2.72. The van der Waals surface area contributed by atoms with E-state index in [0.717, 1.165) is 94.3 Å². The van der Waals surface area contributed by atoms with Gasteiger partial charge in [0.25, 0.3) is 0 Å². The molecule has 12 aliphatic carbocycles. The molecule has 16 atom stereocenters. The summed E-state index contributed by atoms with van der Waals surface area (Å²) in [6, 6.07) is 30.7. The van der Waals surface area contributed by atoms with Crippen LogP contribution in [0.3, 0.4) is 0 Å². The Bertz CT molecular complexity index is 2820. The summed E-state index contributed by atoms with van der Waals surface area (Å²) in [4.78, 5) is 2.97. The molecule has 16 unspecified atom stereocenters. The third-order valence-electron chi connectivity index (χ3n) is 25.7. The lowest BCUT2D eigenvalue weighted by atomic mass is 9.19. The van der Waals surface area contributed by atoms with E-state index in [1.165, 1.54) is 99.2 Å². The van der Waals surface area contributed by atoms with Gasteiger partial charge in [-0.3, -0.25) is 0 Å². The van der Waals surface area contributed by atoms with Crippen LogP contribution in [0.4, 0.5) is 0 Å². The summed E-state index contributed by atoms with van der Waals surface area (Å²) < 4.78 is 0. The van der Waals surface area contributed by atoms with Gasteiger partial charge in [0.15, 0.2) is 13.4 Å². The van der Waals surface area contributed by atoms with Crippen molar-refractivity contribution in [2.75, 3.05) is 0 Å². The molecular weight excluding hydrogens is 822 g/mol. The van der Waals surface area contributed by atoms with E-state index in [9.17, 15) is 0 Å². The first-order chi connectivity index (χ1) is 31.9. The van der Waals surface area contributed by atoms with Crippen LogP contribution in [-0.4, -0.2) is 13.4 Å². The molecule has 0 aromatic heterocycles. The Hall–Kier alpha value is -2.64. The monoisotopic (exact) mass is 903 g/mol. The lowest BCUT2D eigenvalue weighted by Gasteiger charge is -2.66. The highest BCUT2D eigenvalue weighted by molar-refractivity contribution is 7.99. The molecule has 12 saturated carbocycles. The van der Waals surface area contributed by atoms with Gasteiger partial charge in [0.05, 0.1) is 0 Å². The molecule has 13 aliphatic rings. The van der Waals surface area contributed by atoms with Crippen molar-refractivity contribution in [2.24, 2.45) is 92.7 Å². The van der Waals surface area contributed by atoms with Crippen LogP contribution >= 0.6 is 11.8 Å². The first-order valence-corrected chi connectivity index (χ1v) is 28.9. The standard InChI is InChI=1S/C64H80B2S/c1-33-49-22-37(61(49,5)6)26-53(33)65(54-27-38-23-50(34(54)2)62(38,7)8)41-20-21-44-48-31-46-42-16-13-14-17-43(42)57(32-47(46)45-18-15-19-58(60(45)48)67-59(44)30-41)66(55-28-39-24-51(35(55)3)63(39,9)10)56-29-40-25-52(36(56)4)64(40,11)12/h13-21,30-40,49-56H,22-29H2,1-12H3. The zero-order valence-corrected chi connectivity index (χ0v) is 44.2. The molecule has 1 aliphatic heterocycles. The smallest absolute Gasteiger partial charge is 0.0888 e. The van der Waals surface area contributed by atoms with Crippen molar-refractivity contribution in [2.45, 2.75) is 168 Å². The summed E-state index contributed by atoms with van der Waals surface area (Å²) in [6.07, 6.45) is 11.6. The fourth-order valence-corrected chi connectivity index (χ4v) is 22.2. The van der Waals surface area contributed by atoms with Crippen LogP contribution in [0.1, 0.15) is 134 Å². The quantitative estimate of drug-likeness (QED) is 0.119.